The Hall–Kier alpha value is -1.19. The molecular weight excluding hydrogens is 191 g/mol. The second kappa shape index (κ2) is 4.35. The van der Waals surface area contributed by atoms with Crippen LogP contribution in [-0.2, 0) is 0 Å². The molecule has 0 radical (unpaired) electrons. The molecule has 0 aliphatic carbocycles. The molecule has 0 spiro atoms. The molecule has 0 amide bonds. The molecule has 0 unspecified atom stereocenters. The number of benzene rings is 1. The monoisotopic (exact) mass is 203 g/mol. The van der Waals surface area contributed by atoms with Gasteiger partial charge >= 0.3 is 0 Å². The third-order valence-corrected chi connectivity index (χ3v) is 1.71. The van der Waals surface area contributed by atoms with Crippen molar-refractivity contribution in [3.05, 3.63) is 29.6 Å². The van der Waals surface area contributed by atoms with Crippen molar-refractivity contribution in [2.24, 2.45) is 5.92 Å². The van der Waals surface area contributed by atoms with Gasteiger partial charge < -0.3 is 5.32 Å². The summed E-state index contributed by atoms with van der Waals surface area (Å²) in [6, 6.07) is 1.37. The zero-order valence-electron chi connectivity index (χ0n) is 8.07. The Morgan fingerprint density at radius 1 is 1.07 bits per heavy atom. The lowest BCUT2D eigenvalue weighted by Gasteiger charge is -2.09. The van der Waals surface area contributed by atoms with Crippen LogP contribution in [0.15, 0.2) is 12.1 Å². The molecule has 1 nitrogen and oxygen atoms in total. The van der Waals surface area contributed by atoms with Crippen LogP contribution in [0.4, 0.5) is 18.9 Å². The van der Waals surface area contributed by atoms with Crippen molar-refractivity contribution in [2.75, 3.05) is 11.9 Å². The molecule has 0 bridgehead atoms. The third-order valence-electron chi connectivity index (χ3n) is 1.71. The highest BCUT2D eigenvalue weighted by Crippen LogP contribution is 2.18. The van der Waals surface area contributed by atoms with Gasteiger partial charge in [-0.15, -0.1) is 0 Å². The summed E-state index contributed by atoms with van der Waals surface area (Å²) in [5, 5.41) is 2.70. The highest BCUT2D eigenvalue weighted by Gasteiger charge is 2.09. The summed E-state index contributed by atoms with van der Waals surface area (Å²) >= 11 is 0. The number of anilines is 1. The quantitative estimate of drug-likeness (QED) is 0.744. The van der Waals surface area contributed by atoms with Gasteiger partial charge in [0.2, 0.25) is 0 Å². The maximum Gasteiger partial charge on any atom is 0.161 e. The molecule has 0 saturated heterocycles. The second-order valence-electron chi connectivity index (χ2n) is 3.52. The lowest BCUT2D eigenvalue weighted by Crippen LogP contribution is -2.09. The van der Waals surface area contributed by atoms with Crippen LogP contribution >= 0.6 is 0 Å². The molecular formula is C10H12F3N. The molecule has 0 atom stereocenters. The highest BCUT2D eigenvalue weighted by molar-refractivity contribution is 5.45. The smallest absolute Gasteiger partial charge is 0.161 e. The number of hydrogen-bond acceptors (Lipinski definition) is 1. The minimum atomic E-state index is -1.17. The Labute approximate surface area is 80.9 Å². The van der Waals surface area contributed by atoms with Gasteiger partial charge in [0.1, 0.15) is 5.82 Å². The SMILES string of the molecule is CC(C)CNc1cc(F)c(F)cc1F. The Bertz CT molecular complexity index is 323. The van der Waals surface area contributed by atoms with Crippen molar-refractivity contribution in [3.63, 3.8) is 0 Å². The predicted octanol–water partition coefficient (Wildman–Crippen LogP) is 3.17. The van der Waals surface area contributed by atoms with Gasteiger partial charge in [0, 0.05) is 18.7 Å². The lowest BCUT2D eigenvalue weighted by atomic mass is 10.2. The van der Waals surface area contributed by atoms with E-state index in [1.54, 1.807) is 0 Å². The number of hydrogen-bond donors (Lipinski definition) is 1. The van der Waals surface area contributed by atoms with E-state index in [1.165, 1.54) is 0 Å². The van der Waals surface area contributed by atoms with E-state index in [2.05, 4.69) is 5.32 Å². The highest BCUT2D eigenvalue weighted by atomic mass is 19.2. The number of rotatable bonds is 3. The molecule has 1 N–H and O–H groups in total. The number of halogens is 3. The molecule has 0 saturated carbocycles. The zero-order valence-corrected chi connectivity index (χ0v) is 8.07. The van der Waals surface area contributed by atoms with Crippen LogP contribution in [0.25, 0.3) is 0 Å². The van der Waals surface area contributed by atoms with Crippen LogP contribution < -0.4 is 5.32 Å². The summed E-state index contributed by atoms with van der Waals surface area (Å²) in [7, 11) is 0. The summed E-state index contributed by atoms with van der Waals surface area (Å²) in [6.07, 6.45) is 0. The van der Waals surface area contributed by atoms with Crippen molar-refractivity contribution in [1.82, 2.24) is 0 Å². The maximum atomic E-state index is 13.0. The van der Waals surface area contributed by atoms with E-state index >= 15 is 0 Å². The summed E-state index contributed by atoms with van der Waals surface area (Å²) in [5.41, 5.74) is -0.00222. The minimum Gasteiger partial charge on any atom is -0.382 e. The number of nitrogens with one attached hydrogen (secondary N) is 1. The first-order valence-electron chi connectivity index (χ1n) is 4.39. The lowest BCUT2D eigenvalue weighted by molar-refractivity contribution is 0.495. The summed E-state index contributed by atoms with van der Waals surface area (Å²) in [6.45, 7) is 4.39. The molecule has 0 fully saturated rings. The third kappa shape index (κ3) is 2.65. The minimum absolute atomic E-state index is 0.00222. The second-order valence-corrected chi connectivity index (χ2v) is 3.52. The largest absolute Gasteiger partial charge is 0.382 e. The van der Waals surface area contributed by atoms with Gasteiger partial charge in [-0.1, -0.05) is 13.8 Å². The standard InChI is InChI=1S/C10H12F3N/c1-6(2)5-14-10-4-8(12)7(11)3-9(10)13/h3-4,6,14H,5H2,1-2H3. The van der Waals surface area contributed by atoms with Crippen molar-refractivity contribution in [1.29, 1.82) is 0 Å². The van der Waals surface area contributed by atoms with Gasteiger partial charge in [0.25, 0.3) is 0 Å². The van der Waals surface area contributed by atoms with E-state index in [-0.39, 0.29) is 5.69 Å². The molecule has 4 heteroatoms. The molecule has 1 rings (SSSR count). The van der Waals surface area contributed by atoms with Gasteiger partial charge in [-0.05, 0) is 5.92 Å². The molecule has 1 aromatic rings. The first-order valence-corrected chi connectivity index (χ1v) is 4.39. The van der Waals surface area contributed by atoms with E-state index in [4.69, 9.17) is 0 Å². The predicted molar refractivity (Wildman–Crippen MR) is 49.6 cm³/mol. The summed E-state index contributed by atoms with van der Waals surface area (Å²) in [5.74, 6) is -2.68. The molecule has 0 aliphatic heterocycles. The van der Waals surface area contributed by atoms with Gasteiger partial charge in [0.15, 0.2) is 11.6 Å². The molecule has 0 aromatic heterocycles. The normalized spacial score (nSPS) is 10.7. The van der Waals surface area contributed by atoms with Gasteiger partial charge in [0.05, 0.1) is 5.69 Å². The topological polar surface area (TPSA) is 12.0 Å². The Balaban J connectivity index is 2.82. The van der Waals surface area contributed by atoms with Gasteiger partial charge in [-0.3, -0.25) is 0 Å². The first kappa shape index (κ1) is 10.9. The van der Waals surface area contributed by atoms with Crippen LogP contribution in [0.3, 0.4) is 0 Å². The van der Waals surface area contributed by atoms with Gasteiger partial charge in [-0.25, -0.2) is 13.2 Å². The van der Waals surface area contributed by atoms with E-state index < -0.39 is 17.5 Å². The van der Waals surface area contributed by atoms with E-state index in [1.807, 2.05) is 13.8 Å². The fourth-order valence-electron chi connectivity index (χ4n) is 0.972. The molecule has 78 valence electrons. The Morgan fingerprint density at radius 2 is 1.64 bits per heavy atom. The van der Waals surface area contributed by atoms with Crippen molar-refractivity contribution in [3.8, 4) is 0 Å². The van der Waals surface area contributed by atoms with Crippen molar-refractivity contribution in [2.45, 2.75) is 13.8 Å². The summed E-state index contributed by atoms with van der Waals surface area (Å²) in [4.78, 5) is 0. The maximum absolute atomic E-state index is 13.0. The average Bonchev–Trinajstić information content (AvgIpc) is 2.09. The Morgan fingerprint density at radius 3 is 2.21 bits per heavy atom. The van der Waals surface area contributed by atoms with Crippen molar-refractivity contribution >= 4 is 5.69 Å². The Kier molecular flexibility index (Phi) is 3.38. The van der Waals surface area contributed by atoms with E-state index in [9.17, 15) is 13.2 Å². The van der Waals surface area contributed by atoms with Crippen LogP contribution in [0.2, 0.25) is 0 Å². The molecule has 1 aromatic carbocycles. The molecule has 0 heterocycles. The van der Waals surface area contributed by atoms with Crippen LogP contribution in [-0.4, -0.2) is 6.54 Å². The van der Waals surface area contributed by atoms with E-state index in [0.717, 1.165) is 6.07 Å². The molecule has 14 heavy (non-hydrogen) atoms. The fraction of sp³-hybridized carbons (Fsp3) is 0.400. The van der Waals surface area contributed by atoms with Gasteiger partial charge in [-0.2, -0.15) is 0 Å². The zero-order chi connectivity index (χ0) is 10.7. The molecule has 0 aliphatic rings. The fourth-order valence-corrected chi connectivity index (χ4v) is 0.972. The van der Waals surface area contributed by atoms with Crippen LogP contribution in [0, 0.1) is 23.4 Å². The van der Waals surface area contributed by atoms with E-state index in [0.29, 0.717) is 18.5 Å². The van der Waals surface area contributed by atoms with Crippen LogP contribution in [0.5, 0.6) is 0 Å². The average molecular weight is 203 g/mol. The summed E-state index contributed by atoms with van der Waals surface area (Å²) < 4.78 is 38.2. The van der Waals surface area contributed by atoms with Crippen molar-refractivity contribution < 1.29 is 13.2 Å². The first-order chi connectivity index (χ1) is 6.50. The van der Waals surface area contributed by atoms with Crippen LogP contribution in [0.1, 0.15) is 13.8 Å².